The van der Waals surface area contributed by atoms with Crippen LogP contribution in [0.15, 0.2) is 28.7 Å². The Labute approximate surface area is 103 Å². The van der Waals surface area contributed by atoms with E-state index in [2.05, 4.69) is 15.3 Å². The van der Waals surface area contributed by atoms with Crippen LogP contribution in [0.2, 0.25) is 0 Å². The van der Waals surface area contributed by atoms with E-state index in [0.717, 1.165) is 12.2 Å². The third-order valence-corrected chi connectivity index (χ3v) is 2.14. The molecule has 17 heavy (non-hydrogen) atoms. The number of aromatic nitrogens is 1. The maximum atomic E-state index is 11.3. The highest BCUT2D eigenvalue weighted by atomic mass is 32.1. The zero-order valence-electron chi connectivity index (χ0n) is 9.45. The highest BCUT2D eigenvalue weighted by Gasteiger charge is 2.00. The van der Waals surface area contributed by atoms with Crippen molar-refractivity contribution in [3.63, 3.8) is 0 Å². The molecule has 1 heterocycles. The lowest BCUT2D eigenvalue weighted by atomic mass is 10.4. The van der Waals surface area contributed by atoms with Crippen LogP contribution < -0.4 is 5.32 Å². The zero-order valence-corrected chi connectivity index (χ0v) is 10.3. The smallest absolute Gasteiger partial charge is 0.271 e. The van der Waals surface area contributed by atoms with Crippen molar-refractivity contribution in [2.45, 2.75) is 0 Å². The number of carbonyl (C=O) groups excluding carboxylic acids is 2. The molecular formula is C10H12N4O2S. The Morgan fingerprint density at radius 2 is 2.24 bits per heavy atom. The molecule has 0 saturated carbocycles. The molecule has 0 radical (unpaired) electrons. The van der Waals surface area contributed by atoms with Crippen molar-refractivity contribution < 1.29 is 9.59 Å². The summed E-state index contributed by atoms with van der Waals surface area (Å²) >= 11 is 1.30. The van der Waals surface area contributed by atoms with Crippen LogP contribution in [-0.4, -0.2) is 42.1 Å². The number of amides is 2. The summed E-state index contributed by atoms with van der Waals surface area (Å²) in [6.07, 6.45) is 5.17. The molecule has 0 spiro atoms. The van der Waals surface area contributed by atoms with Crippen molar-refractivity contribution in [1.82, 2.24) is 9.88 Å². The average molecular weight is 252 g/mol. The Kier molecular flexibility index (Phi) is 5.02. The number of thiazole rings is 1. The van der Waals surface area contributed by atoms with Crippen LogP contribution in [0.4, 0.5) is 5.13 Å². The summed E-state index contributed by atoms with van der Waals surface area (Å²) in [6, 6.07) is 0. The number of hydrogen-bond donors (Lipinski definition) is 1. The van der Waals surface area contributed by atoms with Gasteiger partial charge in [-0.3, -0.25) is 14.9 Å². The molecule has 0 aliphatic heterocycles. The van der Waals surface area contributed by atoms with Gasteiger partial charge in [0.1, 0.15) is 0 Å². The molecule has 0 aliphatic rings. The molecule has 6 nitrogen and oxygen atoms in total. The molecule has 90 valence electrons. The molecular weight excluding hydrogens is 240 g/mol. The van der Waals surface area contributed by atoms with Crippen molar-refractivity contribution >= 4 is 34.6 Å². The molecule has 0 saturated heterocycles. The summed E-state index contributed by atoms with van der Waals surface area (Å²) in [6.45, 7) is 0. The van der Waals surface area contributed by atoms with Gasteiger partial charge in [0, 0.05) is 37.8 Å². The number of nitrogens with one attached hydrogen (secondary N) is 1. The Bertz CT molecular complexity index is 437. The van der Waals surface area contributed by atoms with E-state index in [9.17, 15) is 9.59 Å². The summed E-state index contributed by atoms with van der Waals surface area (Å²) in [4.78, 5) is 31.5. The van der Waals surface area contributed by atoms with E-state index in [0.29, 0.717) is 5.13 Å². The average Bonchev–Trinajstić information content (AvgIpc) is 2.76. The van der Waals surface area contributed by atoms with E-state index >= 15 is 0 Å². The molecule has 0 bridgehead atoms. The molecule has 1 aromatic heterocycles. The van der Waals surface area contributed by atoms with Gasteiger partial charge >= 0.3 is 0 Å². The number of hydrogen-bond acceptors (Lipinski definition) is 4. The van der Waals surface area contributed by atoms with Gasteiger partial charge in [-0.05, 0) is 0 Å². The van der Waals surface area contributed by atoms with E-state index in [1.54, 1.807) is 30.6 Å². The minimum atomic E-state index is -0.493. The van der Waals surface area contributed by atoms with Gasteiger partial charge in [-0.25, -0.2) is 9.98 Å². The van der Waals surface area contributed by atoms with Crippen LogP contribution in [0.25, 0.3) is 0 Å². The third kappa shape index (κ3) is 5.57. The molecule has 0 fully saturated rings. The first-order valence-corrected chi connectivity index (χ1v) is 5.59. The number of carbonyl (C=O) groups is 2. The predicted molar refractivity (Wildman–Crippen MR) is 67.1 cm³/mol. The zero-order chi connectivity index (χ0) is 12.7. The van der Waals surface area contributed by atoms with Crippen molar-refractivity contribution in [3.05, 3.63) is 23.7 Å². The van der Waals surface area contributed by atoms with Gasteiger partial charge in [0.2, 0.25) is 5.91 Å². The van der Waals surface area contributed by atoms with Gasteiger partial charge in [0.15, 0.2) is 5.13 Å². The van der Waals surface area contributed by atoms with Gasteiger partial charge in [-0.15, -0.1) is 11.3 Å². The monoisotopic (exact) mass is 252 g/mol. The highest BCUT2D eigenvalue weighted by molar-refractivity contribution is 7.13. The lowest BCUT2D eigenvalue weighted by Crippen LogP contribution is -2.10. The van der Waals surface area contributed by atoms with Crippen molar-refractivity contribution in [1.29, 1.82) is 0 Å². The number of rotatable bonds is 4. The minimum Gasteiger partial charge on any atom is -0.369 e. The summed E-state index contributed by atoms with van der Waals surface area (Å²) in [5.41, 5.74) is 0. The Hall–Kier alpha value is -2.02. The lowest BCUT2D eigenvalue weighted by molar-refractivity contribution is -0.114. The summed E-state index contributed by atoms with van der Waals surface area (Å²) in [5, 5.41) is 4.74. The van der Waals surface area contributed by atoms with Crippen molar-refractivity contribution in [2.24, 2.45) is 4.99 Å². The van der Waals surface area contributed by atoms with Crippen LogP contribution in [0.3, 0.4) is 0 Å². The highest BCUT2D eigenvalue weighted by Crippen LogP contribution is 2.09. The Morgan fingerprint density at radius 1 is 1.47 bits per heavy atom. The fourth-order valence-corrected chi connectivity index (χ4v) is 1.33. The first kappa shape index (κ1) is 13.0. The van der Waals surface area contributed by atoms with Crippen LogP contribution in [0.5, 0.6) is 0 Å². The Balaban J connectivity index is 2.43. The van der Waals surface area contributed by atoms with Crippen molar-refractivity contribution in [2.75, 3.05) is 19.4 Å². The molecule has 1 aromatic rings. The molecule has 2 amide bonds. The fourth-order valence-electron chi connectivity index (χ4n) is 0.795. The van der Waals surface area contributed by atoms with Gasteiger partial charge in [0.05, 0.1) is 6.34 Å². The molecule has 0 atom stereocenters. The normalized spacial score (nSPS) is 10.9. The van der Waals surface area contributed by atoms with Crippen LogP contribution >= 0.6 is 11.3 Å². The van der Waals surface area contributed by atoms with Gasteiger partial charge in [-0.1, -0.05) is 0 Å². The van der Waals surface area contributed by atoms with E-state index < -0.39 is 11.8 Å². The van der Waals surface area contributed by atoms with E-state index in [1.165, 1.54) is 17.7 Å². The van der Waals surface area contributed by atoms with Gasteiger partial charge in [-0.2, -0.15) is 0 Å². The summed E-state index contributed by atoms with van der Waals surface area (Å²) in [5.74, 6) is -0.902. The van der Waals surface area contributed by atoms with Crippen molar-refractivity contribution in [3.8, 4) is 0 Å². The molecule has 7 heteroatoms. The summed E-state index contributed by atoms with van der Waals surface area (Å²) in [7, 11) is 3.49. The van der Waals surface area contributed by atoms with E-state index in [1.807, 2.05) is 0 Å². The first-order chi connectivity index (χ1) is 8.08. The van der Waals surface area contributed by atoms with Crippen LogP contribution in [-0.2, 0) is 9.59 Å². The van der Waals surface area contributed by atoms with Gasteiger partial charge in [0.25, 0.3) is 5.91 Å². The molecule has 1 rings (SSSR count). The number of nitrogens with zero attached hydrogens (tertiary/aromatic N) is 3. The second-order valence-corrected chi connectivity index (χ2v) is 4.10. The topological polar surface area (TPSA) is 74.7 Å². The van der Waals surface area contributed by atoms with E-state index in [-0.39, 0.29) is 0 Å². The summed E-state index contributed by atoms with van der Waals surface area (Å²) < 4.78 is 0. The maximum Gasteiger partial charge on any atom is 0.271 e. The van der Waals surface area contributed by atoms with Gasteiger partial charge < -0.3 is 4.90 Å². The standard InChI is InChI=1S/C10H12N4O2S/c1-14(2)7-12-8(15)3-4-9(16)13-10-11-5-6-17-10/h3-7H,1-2H3,(H,11,13,16)/b4-3+,12-7+. The molecule has 0 aromatic carbocycles. The quantitative estimate of drug-likeness (QED) is 0.487. The number of anilines is 1. The first-order valence-electron chi connectivity index (χ1n) is 4.71. The van der Waals surface area contributed by atoms with Crippen LogP contribution in [0.1, 0.15) is 0 Å². The third-order valence-electron chi connectivity index (χ3n) is 1.46. The lowest BCUT2D eigenvalue weighted by Gasteiger charge is -1.99. The SMILES string of the molecule is CN(C)/C=N/C(=O)/C=C/C(=O)Nc1nccs1. The maximum absolute atomic E-state index is 11.3. The molecule has 1 N–H and O–H groups in total. The minimum absolute atomic E-state index is 0.409. The largest absolute Gasteiger partial charge is 0.369 e. The van der Waals surface area contributed by atoms with Crippen LogP contribution in [0, 0.1) is 0 Å². The molecule has 0 unspecified atom stereocenters. The second kappa shape index (κ2) is 6.54. The Morgan fingerprint density at radius 3 is 2.82 bits per heavy atom. The number of aliphatic imine (C=N–C) groups is 1. The predicted octanol–water partition coefficient (Wildman–Crippen LogP) is 0.754. The second-order valence-electron chi connectivity index (χ2n) is 3.21. The van der Waals surface area contributed by atoms with E-state index in [4.69, 9.17) is 0 Å². The fraction of sp³-hybridized carbons (Fsp3) is 0.200. The molecule has 0 aliphatic carbocycles.